The van der Waals surface area contributed by atoms with Crippen LogP contribution in [0.3, 0.4) is 0 Å². The van der Waals surface area contributed by atoms with Crippen LogP contribution in [0.2, 0.25) is 0 Å². The summed E-state index contributed by atoms with van der Waals surface area (Å²) >= 11 is 0. The zero-order valence-corrected chi connectivity index (χ0v) is 12.2. The molecule has 2 unspecified atom stereocenters. The van der Waals surface area contributed by atoms with Crippen molar-refractivity contribution < 1.29 is 4.74 Å². The fourth-order valence-corrected chi connectivity index (χ4v) is 2.48. The number of hydrogen-bond acceptors (Lipinski definition) is 2. The Morgan fingerprint density at radius 1 is 1.28 bits per heavy atom. The Hall–Kier alpha value is -1.02. The molecule has 0 aliphatic carbocycles. The molecule has 2 nitrogen and oxygen atoms in total. The van der Waals surface area contributed by atoms with Crippen molar-refractivity contribution in [1.29, 1.82) is 0 Å². The van der Waals surface area contributed by atoms with Crippen molar-refractivity contribution in [2.45, 2.75) is 39.5 Å². The minimum atomic E-state index is 0.569. The molecule has 0 aliphatic rings. The number of benzene rings is 1. The highest BCUT2D eigenvalue weighted by molar-refractivity contribution is 5.31. The average Bonchev–Trinajstić information content (AvgIpc) is 2.40. The van der Waals surface area contributed by atoms with E-state index in [1.807, 2.05) is 6.07 Å². The molecule has 0 heterocycles. The van der Waals surface area contributed by atoms with Gasteiger partial charge in [0, 0.05) is 6.54 Å². The largest absolute Gasteiger partial charge is 0.497 e. The zero-order valence-electron chi connectivity index (χ0n) is 12.2. The molecular formula is C16H27NO. The molecule has 1 N–H and O–H groups in total. The number of ether oxygens (including phenoxy) is 1. The third kappa shape index (κ3) is 4.34. The van der Waals surface area contributed by atoms with Gasteiger partial charge in [0.1, 0.15) is 5.75 Å². The summed E-state index contributed by atoms with van der Waals surface area (Å²) in [7, 11) is 1.73. The SMILES string of the molecule is CCCC(C)C(CNCC)c1cccc(OC)c1. The van der Waals surface area contributed by atoms with Crippen LogP contribution in [0.15, 0.2) is 24.3 Å². The smallest absolute Gasteiger partial charge is 0.119 e. The van der Waals surface area contributed by atoms with Crippen molar-refractivity contribution in [3.63, 3.8) is 0 Å². The fourth-order valence-electron chi connectivity index (χ4n) is 2.48. The van der Waals surface area contributed by atoms with Gasteiger partial charge in [-0.2, -0.15) is 0 Å². The molecule has 0 saturated carbocycles. The van der Waals surface area contributed by atoms with E-state index in [2.05, 4.69) is 44.3 Å². The lowest BCUT2D eigenvalue weighted by Gasteiger charge is -2.25. The zero-order chi connectivity index (χ0) is 13.4. The molecule has 2 heteroatoms. The van der Waals surface area contributed by atoms with Crippen molar-refractivity contribution in [3.05, 3.63) is 29.8 Å². The number of rotatable bonds is 8. The molecule has 0 aromatic heterocycles. The van der Waals surface area contributed by atoms with Gasteiger partial charge in [-0.1, -0.05) is 45.7 Å². The van der Waals surface area contributed by atoms with E-state index in [0.717, 1.165) is 18.8 Å². The summed E-state index contributed by atoms with van der Waals surface area (Å²) in [5.41, 5.74) is 1.39. The molecule has 0 aliphatic heterocycles. The maximum Gasteiger partial charge on any atom is 0.119 e. The van der Waals surface area contributed by atoms with Crippen LogP contribution in [0.5, 0.6) is 5.75 Å². The molecule has 1 rings (SSSR count). The van der Waals surface area contributed by atoms with Gasteiger partial charge in [0.05, 0.1) is 7.11 Å². The summed E-state index contributed by atoms with van der Waals surface area (Å²) < 4.78 is 5.33. The van der Waals surface area contributed by atoms with Crippen molar-refractivity contribution >= 4 is 0 Å². The molecule has 0 radical (unpaired) electrons. The highest BCUT2D eigenvalue weighted by Crippen LogP contribution is 2.29. The molecule has 18 heavy (non-hydrogen) atoms. The van der Waals surface area contributed by atoms with E-state index in [1.54, 1.807) is 7.11 Å². The van der Waals surface area contributed by atoms with Crippen LogP contribution >= 0.6 is 0 Å². The lowest BCUT2D eigenvalue weighted by molar-refractivity contribution is 0.397. The Morgan fingerprint density at radius 3 is 2.67 bits per heavy atom. The standard InChI is InChI=1S/C16H27NO/c1-5-8-13(3)16(12-17-6-2)14-9-7-10-15(11-14)18-4/h7,9-11,13,16-17H,5-6,8,12H2,1-4H3. The number of nitrogens with one attached hydrogen (secondary N) is 1. The van der Waals surface area contributed by atoms with Crippen molar-refractivity contribution in [2.24, 2.45) is 5.92 Å². The molecule has 0 spiro atoms. The van der Waals surface area contributed by atoms with E-state index in [1.165, 1.54) is 18.4 Å². The van der Waals surface area contributed by atoms with E-state index >= 15 is 0 Å². The molecule has 0 bridgehead atoms. The Morgan fingerprint density at radius 2 is 2.06 bits per heavy atom. The predicted octanol–water partition coefficient (Wildman–Crippen LogP) is 3.82. The van der Waals surface area contributed by atoms with Crippen LogP contribution in [0.4, 0.5) is 0 Å². The van der Waals surface area contributed by atoms with Crippen LogP contribution in [-0.2, 0) is 0 Å². The van der Waals surface area contributed by atoms with Gasteiger partial charge in [-0.15, -0.1) is 0 Å². The second-order valence-electron chi connectivity index (χ2n) is 4.96. The van der Waals surface area contributed by atoms with Gasteiger partial charge < -0.3 is 10.1 Å². The molecule has 0 saturated heterocycles. The quantitative estimate of drug-likeness (QED) is 0.756. The Balaban J connectivity index is 2.85. The summed E-state index contributed by atoms with van der Waals surface area (Å²) in [5, 5.41) is 3.48. The van der Waals surface area contributed by atoms with Crippen LogP contribution in [0.1, 0.15) is 45.1 Å². The van der Waals surface area contributed by atoms with Gasteiger partial charge in [0.25, 0.3) is 0 Å². The van der Waals surface area contributed by atoms with Crippen LogP contribution < -0.4 is 10.1 Å². The summed E-state index contributed by atoms with van der Waals surface area (Å²) in [6.07, 6.45) is 2.51. The molecule has 1 aromatic rings. The van der Waals surface area contributed by atoms with Crippen LogP contribution in [-0.4, -0.2) is 20.2 Å². The van der Waals surface area contributed by atoms with E-state index in [9.17, 15) is 0 Å². The highest BCUT2D eigenvalue weighted by Gasteiger charge is 2.18. The van der Waals surface area contributed by atoms with Crippen molar-refractivity contribution in [3.8, 4) is 5.75 Å². The monoisotopic (exact) mass is 249 g/mol. The summed E-state index contributed by atoms with van der Waals surface area (Å²) in [4.78, 5) is 0. The minimum Gasteiger partial charge on any atom is -0.497 e. The van der Waals surface area contributed by atoms with Gasteiger partial charge >= 0.3 is 0 Å². The molecular weight excluding hydrogens is 222 g/mol. The molecule has 0 amide bonds. The third-order valence-electron chi connectivity index (χ3n) is 3.57. The Labute approximate surface area is 112 Å². The van der Waals surface area contributed by atoms with Crippen LogP contribution in [0, 0.1) is 5.92 Å². The first-order valence-corrected chi connectivity index (χ1v) is 7.07. The molecule has 0 fully saturated rings. The summed E-state index contributed by atoms with van der Waals surface area (Å²) in [6, 6.07) is 8.49. The van der Waals surface area contributed by atoms with Gasteiger partial charge in [0.2, 0.25) is 0 Å². The van der Waals surface area contributed by atoms with Gasteiger partial charge in [-0.25, -0.2) is 0 Å². The maximum absolute atomic E-state index is 5.33. The van der Waals surface area contributed by atoms with Crippen molar-refractivity contribution in [2.75, 3.05) is 20.2 Å². The van der Waals surface area contributed by atoms with Gasteiger partial charge in [0.15, 0.2) is 0 Å². The number of methoxy groups -OCH3 is 1. The second kappa shape index (κ2) is 8.15. The Kier molecular flexibility index (Phi) is 6.81. The van der Waals surface area contributed by atoms with E-state index < -0.39 is 0 Å². The first kappa shape index (κ1) is 15.0. The minimum absolute atomic E-state index is 0.569. The topological polar surface area (TPSA) is 21.3 Å². The summed E-state index contributed by atoms with van der Waals surface area (Å²) in [6.45, 7) is 8.84. The predicted molar refractivity (Wildman–Crippen MR) is 78.4 cm³/mol. The normalized spacial score (nSPS) is 14.2. The average molecular weight is 249 g/mol. The highest BCUT2D eigenvalue weighted by atomic mass is 16.5. The third-order valence-corrected chi connectivity index (χ3v) is 3.57. The molecule has 2 atom stereocenters. The first-order chi connectivity index (χ1) is 8.72. The van der Waals surface area contributed by atoms with E-state index in [0.29, 0.717) is 11.8 Å². The maximum atomic E-state index is 5.33. The molecule has 102 valence electrons. The first-order valence-electron chi connectivity index (χ1n) is 7.07. The lowest BCUT2D eigenvalue weighted by Crippen LogP contribution is -2.25. The van der Waals surface area contributed by atoms with Gasteiger partial charge in [-0.3, -0.25) is 0 Å². The number of hydrogen-bond donors (Lipinski definition) is 1. The second-order valence-corrected chi connectivity index (χ2v) is 4.96. The number of likely N-dealkylation sites (N-methyl/N-ethyl adjacent to an activating group) is 1. The Bertz CT molecular complexity index is 338. The van der Waals surface area contributed by atoms with Crippen LogP contribution in [0.25, 0.3) is 0 Å². The van der Waals surface area contributed by atoms with Gasteiger partial charge in [-0.05, 0) is 36.1 Å². The van der Waals surface area contributed by atoms with E-state index in [-0.39, 0.29) is 0 Å². The van der Waals surface area contributed by atoms with Crippen molar-refractivity contribution in [1.82, 2.24) is 5.32 Å². The fraction of sp³-hybridized carbons (Fsp3) is 0.625. The molecule has 1 aromatic carbocycles. The summed E-state index contributed by atoms with van der Waals surface area (Å²) in [5.74, 6) is 2.22. The van der Waals surface area contributed by atoms with E-state index in [4.69, 9.17) is 4.74 Å². The lowest BCUT2D eigenvalue weighted by atomic mass is 9.84.